The van der Waals surface area contributed by atoms with Gasteiger partial charge >= 0.3 is 0 Å². The number of aryl methyl sites for hydroxylation is 1. The zero-order chi connectivity index (χ0) is 13.1. The van der Waals surface area contributed by atoms with Crippen molar-refractivity contribution in [3.63, 3.8) is 0 Å². The molecular formula is C12H12N4O2. The average molecular weight is 244 g/mol. The predicted octanol–water partition coefficient (Wildman–Crippen LogP) is 2.20. The zero-order valence-electron chi connectivity index (χ0n) is 10.0. The van der Waals surface area contributed by atoms with E-state index in [1.54, 1.807) is 12.1 Å². The lowest BCUT2D eigenvalue weighted by Gasteiger charge is -2.10. The molecule has 0 bridgehead atoms. The Labute approximate surface area is 104 Å². The van der Waals surface area contributed by atoms with Gasteiger partial charge in [-0.3, -0.25) is 9.59 Å². The molecule has 1 aromatic rings. The van der Waals surface area contributed by atoms with E-state index in [4.69, 9.17) is 0 Å². The molecule has 0 unspecified atom stereocenters. The second kappa shape index (κ2) is 4.79. The smallest absolute Gasteiger partial charge is 0.292 e. The molecule has 0 radical (unpaired) electrons. The van der Waals surface area contributed by atoms with E-state index in [1.807, 2.05) is 13.0 Å². The van der Waals surface area contributed by atoms with E-state index in [0.717, 1.165) is 11.3 Å². The first-order chi connectivity index (χ1) is 8.54. The fraction of sp³-hybridized carbons (Fsp3) is 0.167. The molecular weight excluding hydrogens is 232 g/mol. The highest BCUT2D eigenvalue weighted by Gasteiger charge is 2.09. The van der Waals surface area contributed by atoms with Gasteiger partial charge in [0.2, 0.25) is 5.91 Å². The van der Waals surface area contributed by atoms with Crippen LogP contribution in [0.5, 0.6) is 0 Å². The maximum atomic E-state index is 11.0. The highest BCUT2D eigenvalue weighted by atomic mass is 16.2. The minimum Gasteiger partial charge on any atom is -0.338 e. The third-order valence-electron chi connectivity index (χ3n) is 2.34. The van der Waals surface area contributed by atoms with Gasteiger partial charge in [0.25, 0.3) is 5.91 Å². The van der Waals surface area contributed by atoms with Gasteiger partial charge < -0.3 is 10.6 Å². The van der Waals surface area contributed by atoms with Gasteiger partial charge in [-0.2, -0.15) is 0 Å². The van der Waals surface area contributed by atoms with Crippen LogP contribution in [-0.4, -0.2) is 11.8 Å². The number of azo groups is 1. The van der Waals surface area contributed by atoms with Crippen molar-refractivity contribution in [2.24, 2.45) is 10.2 Å². The van der Waals surface area contributed by atoms with Gasteiger partial charge in [-0.05, 0) is 24.6 Å². The molecule has 0 saturated carbocycles. The molecule has 2 N–H and O–H groups in total. The number of carbonyl (C=O) groups excluding carboxylic acids is 2. The van der Waals surface area contributed by atoms with Crippen LogP contribution in [0.3, 0.4) is 0 Å². The molecule has 0 aliphatic carbocycles. The van der Waals surface area contributed by atoms with Crippen LogP contribution in [-0.2, 0) is 9.59 Å². The monoisotopic (exact) mass is 244 g/mol. The Hall–Kier alpha value is -2.50. The van der Waals surface area contributed by atoms with Gasteiger partial charge in [-0.25, -0.2) is 0 Å². The summed E-state index contributed by atoms with van der Waals surface area (Å²) in [5.74, 6) is -0.129. The molecule has 2 rings (SSSR count). The molecule has 0 atom stereocenters. The van der Waals surface area contributed by atoms with Crippen LogP contribution in [0.2, 0.25) is 0 Å². The van der Waals surface area contributed by atoms with Gasteiger partial charge in [0.1, 0.15) is 0 Å². The molecule has 0 saturated heterocycles. The fourth-order valence-corrected chi connectivity index (χ4v) is 1.51. The number of amides is 2. The van der Waals surface area contributed by atoms with Crippen molar-refractivity contribution in [1.29, 1.82) is 0 Å². The summed E-state index contributed by atoms with van der Waals surface area (Å²) in [5.41, 5.74) is 2.41. The normalized spacial score (nSPS) is 13.4. The van der Waals surface area contributed by atoms with Crippen LogP contribution in [0.25, 0.3) is 0 Å². The van der Waals surface area contributed by atoms with Crippen LogP contribution in [0.4, 0.5) is 11.4 Å². The molecule has 92 valence electrons. The first-order valence-electron chi connectivity index (χ1n) is 5.37. The highest BCUT2D eigenvalue weighted by molar-refractivity contribution is 5.91. The number of nitrogens with one attached hydrogen (secondary N) is 2. The van der Waals surface area contributed by atoms with Gasteiger partial charge in [-0.15, -0.1) is 10.2 Å². The minimum atomic E-state index is -0.381. The quantitative estimate of drug-likeness (QED) is 0.854. The first-order valence-corrected chi connectivity index (χ1v) is 5.37. The molecule has 1 heterocycles. The van der Waals surface area contributed by atoms with Crippen molar-refractivity contribution in [2.45, 2.75) is 13.8 Å². The fourth-order valence-electron chi connectivity index (χ4n) is 1.51. The van der Waals surface area contributed by atoms with Crippen molar-refractivity contribution in [1.82, 2.24) is 0 Å². The van der Waals surface area contributed by atoms with E-state index in [0.29, 0.717) is 11.5 Å². The molecule has 1 aliphatic rings. The van der Waals surface area contributed by atoms with Crippen LogP contribution in [0, 0.1) is 6.92 Å². The SMILES string of the molecule is CC(=O)Nc1ccc(C)c(NC2=CC(=O)N=N2)c1. The van der Waals surface area contributed by atoms with Crippen molar-refractivity contribution in [3.8, 4) is 0 Å². The van der Waals surface area contributed by atoms with E-state index in [9.17, 15) is 9.59 Å². The summed E-state index contributed by atoms with van der Waals surface area (Å²) >= 11 is 0. The Morgan fingerprint density at radius 1 is 1.28 bits per heavy atom. The topological polar surface area (TPSA) is 82.9 Å². The maximum Gasteiger partial charge on any atom is 0.292 e. The largest absolute Gasteiger partial charge is 0.338 e. The number of hydrogen-bond donors (Lipinski definition) is 2. The van der Waals surface area contributed by atoms with Crippen LogP contribution in [0.1, 0.15) is 12.5 Å². The summed E-state index contributed by atoms with van der Waals surface area (Å²) in [4.78, 5) is 21.9. The Balaban J connectivity index is 2.21. The van der Waals surface area contributed by atoms with Gasteiger partial charge in [0.15, 0.2) is 5.82 Å². The number of carbonyl (C=O) groups is 2. The number of nitrogens with zero attached hydrogens (tertiary/aromatic N) is 2. The Kier molecular flexibility index (Phi) is 3.18. The molecule has 1 aliphatic heterocycles. The molecule has 0 aromatic heterocycles. The number of hydrogen-bond acceptors (Lipinski definition) is 4. The second-order valence-corrected chi connectivity index (χ2v) is 3.90. The maximum absolute atomic E-state index is 11.0. The first kappa shape index (κ1) is 12.0. The molecule has 6 heteroatoms. The summed E-state index contributed by atoms with van der Waals surface area (Å²) in [7, 11) is 0. The summed E-state index contributed by atoms with van der Waals surface area (Å²) in [6, 6.07) is 5.44. The van der Waals surface area contributed by atoms with Gasteiger partial charge in [0.05, 0.1) is 6.08 Å². The number of rotatable bonds is 3. The van der Waals surface area contributed by atoms with Crippen molar-refractivity contribution < 1.29 is 9.59 Å². The van der Waals surface area contributed by atoms with E-state index in [1.165, 1.54) is 13.0 Å². The molecule has 0 spiro atoms. The predicted molar refractivity (Wildman–Crippen MR) is 67.1 cm³/mol. The van der Waals surface area contributed by atoms with Crippen molar-refractivity contribution >= 4 is 23.2 Å². The molecule has 1 aromatic carbocycles. The van der Waals surface area contributed by atoms with E-state index < -0.39 is 0 Å². The second-order valence-electron chi connectivity index (χ2n) is 3.90. The lowest BCUT2D eigenvalue weighted by Crippen LogP contribution is -2.06. The summed E-state index contributed by atoms with van der Waals surface area (Å²) in [6.07, 6.45) is 1.31. The van der Waals surface area contributed by atoms with Crippen LogP contribution < -0.4 is 10.6 Å². The zero-order valence-corrected chi connectivity index (χ0v) is 10.0. The molecule has 18 heavy (non-hydrogen) atoms. The number of benzene rings is 1. The van der Waals surface area contributed by atoms with Crippen LogP contribution >= 0.6 is 0 Å². The third kappa shape index (κ3) is 2.79. The molecule has 2 amide bonds. The third-order valence-corrected chi connectivity index (χ3v) is 2.34. The molecule has 6 nitrogen and oxygen atoms in total. The standard InChI is InChI=1S/C12H12N4O2/c1-7-3-4-9(13-8(2)17)5-10(7)14-11-6-12(18)16-15-11/h3-6,14H,1-2H3,(H,13,17). The Morgan fingerprint density at radius 2 is 2.06 bits per heavy atom. The average Bonchev–Trinajstić information content (AvgIpc) is 2.68. The number of anilines is 2. The van der Waals surface area contributed by atoms with E-state index in [-0.39, 0.29) is 11.8 Å². The minimum absolute atomic E-state index is 0.139. The van der Waals surface area contributed by atoms with Gasteiger partial charge in [0, 0.05) is 18.3 Å². The summed E-state index contributed by atoms with van der Waals surface area (Å²) < 4.78 is 0. The lowest BCUT2D eigenvalue weighted by molar-refractivity contribution is -0.114. The molecule has 0 fully saturated rings. The van der Waals surface area contributed by atoms with Gasteiger partial charge in [-0.1, -0.05) is 6.07 Å². The highest BCUT2D eigenvalue weighted by Crippen LogP contribution is 2.23. The summed E-state index contributed by atoms with van der Waals surface area (Å²) in [6.45, 7) is 3.35. The van der Waals surface area contributed by atoms with E-state index in [2.05, 4.69) is 20.9 Å². The lowest BCUT2D eigenvalue weighted by atomic mass is 10.1. The van der Waals surface area contributed by atoms with E-state index >= 15 is 0 Å². The Bertz CT molecular complexity index is 575. The van der Waals surface area contributed by atoms with Crippen molar-refractivity contribution in [3.05, 3.63) is 35.7 Å². The van der Waals surface area contributed by atoms with Crippen LogP contribution in [0.15, 0.2) is 40.3 Å². The van der Waals surface area contributed by atoms with Crippen molar-refractivity contribution in [2.75, 3.05) is 10.6 Å². The summed E-state index contributed by atoms with van der Waals surface area (Å²) in [5, 5.41) is 12.7. The Morgan fingerprint density at radius 3 is 2.67 bits per heavy atom.